The molecule has 2 heterocycles. The standard InChI is InChI=1S/C17H21BrN4O2/c1-21-17(23)16(18)15(10-20-21)19-9-12-6-7-22(11-12)13-4-3-5-14(8-13)24-2/h3-5,8,10,12,19H,6-7,9,11H2,1-2H3. The summed E-state index contributed by atoms with van der Waals surface area (Å²) in [5, 5.41) is 7.40. The molecule has 0 saturated carbocycles. The van der Waals surface area contributed by atoms with Gasteiger partial charge in [-0.1, -0.05) is 6.07 Å². The molecule has 0 amide bonds. The van der Waals surface area contributed by atoms with Gasteiger partial charge in [-0.05, 0) is 40.4 Å². The first kappa shape index (κ1) is 16.8. The van der Waals surface area contributed by atoms with E-state index in [1.54, 1.807) is 20.4 Å². The van der Waals surface area contributed by atoms with Crippen molar-refractivity contribution in [3.8, 4) is 5.75 Å². The fraction of sp³-hybridized carbons (Fsp3) is 0.412. The fourth-order valence-corrected chi connectivity index (χ4v) is 3.43. The largest absolute Gasteiger partial charge is 0.497 e. The summed E-state index contributed by atoms with van der Waals surface area (Å²) in [5.41, 5.74) is 1.80. The van der Waals surface area contributed by atoms with E-state index in [0.29, 0.717) is 10.4 Å². The van der Waals surface area contributed by atoms with Gasteiger partial charge in [-0.2, -0.15) is 5.10 Å². The number of methoxy groups -OCH3 is 1. The number of aromatic nitrogens is 2. The summed E-state index contributed by atoms with van der Waals surface area (Å²) in [6.45, 7) is 2.82. The molecule has 1 N–H and O–H groups in total. The first-order chi connectivity index (χ1) is 11.6. The zero-order valence-electron chi connectivity index (χ0n) is 13.8. The second-order valence-electron chi connectivity index (χ2n) is 5.98. The smallest absolute Gasteiger partial charge is 0.282 e. The summed E-state index contributed by atoms with van der Waals surface area (Å²) < 4.78 is 7.14. The van der Waals surface area contributed by atoms with Gasteiger partial charge in [-0.25, -0.2) is 4.68 Å². The number of halogens is 1. The van der Waals surface area contributed by atoms with Crippen LogP contribution in [0.25, 0.3) is 0 Å². The van der Waals surface area contributed by atoms with E-state index < -0.39 is 0 Å². The SMILES string of the molecule is COc1cccc(N2CCC(CNc3cnn(C)c(=O)c3Br)C2)c1. The lowest BCUT2D eigenvalue weighted by Crippen LogP contribution is -2.24. The van der Waals surface area contributed by atoms with E-state index in [4.69, 9.17) is 4.74 Å². The molecule has 6 nitrogen and oxygen atoms in total. The molecule has 1 atom stereocenters. The molecular weight excluding hydrogens is 372 g/mol. The summed E-state index contributed by atoms with van der Waals surface area (Å²) in [7, 11) is 3.33. The third kappa shape index (κ3) is 3.56. The van der Waals surface area contributed by atoms with E-state index in [9.17, 15) is 4.79 Å². The number of hydrogen-bond donors (Lipinski definition) is 1. The minimum Gasteiger partial charge on any atom is -0.497 e. The molecule has 0 radical (unpaired) electrons. The first-order valence-electron chi connectivity index (χ1n) is 7.93. The van der Waals surface area contributed by atoms with Crippen molar-refractivity contribution < 1.29 is 4.74 Å². The molecule has 1 aliphatic rings. The van der Waals surface area contributed by atoms with Gasteiger partial charge in [-0.15, -0.1) is 0 Å². The van der Waals surface area contributed by atoms with Gasteiger partial charge in [0.2, 0.25) is 0 Å². The van der Waals surface area contributed by atoms with Crippen molar-refractivity contribution in [1.82, 2.24) is 9.78 Å². The minimum absolute atomic E-state index is 0.135. The van der Waals surface area contributed by atoms with Crippen LogP contribution in [0, 0.1) is 5.92 Å². The Labute approximate surface area is 149 Å². The molecule has 1 aliphatic heterocycles. The highest BCUT2D eigenvalue weighted by atomic mass is 79.9. The molecule has 0 bridgehead atoms. The molecule has 128 valence electrons. The second-order valence-corrected chi connectivity index (χ2v) is 6.78. The van der Waals surface area contributed by atoms with Crippen molar-refractivity contribution in [2.45, 2.75) is 6.42 Å². The molecule has 0 spiro atoms. The molecule has 0 aliphatic carbocycles. The van der Waals surface area contributed by atoms with Gasteiger partial charge in [0, 0.05) is 38.4 Å². The normalized spacial score (nSPS) is 17.1. The van der Waals surface area contributed by atoms with Crippen LogP contribution in [0.4, 0.5) is 11.4 Å². The number of nitrogens with one attached hydrogen (secondary N) is 1. The summed E-state index contributed by atoms with van der Waals surface area (Å²) in [6, 6.07) is 8.15. The second kappa shape index (κ2) is 7.25. The van der Waals surface area contributed by atoms with Crippen LogP contribution in [0.2, 0.25) is 0 Å². The van der Waals surface area contributed by atoms with Crippen LogP contribution in [0.5, 0.6) is 5.75 Å². The van der Waals surface area contributed by atoms with Crippen molar-refractivity contribution in [3.05, 3.63) is 45.3 Å². The Kier molecular flexibility index (Phi) is 5.08. The molecule has 2 aromatic rings. The molecule has 1 unspecified atom stereocenters. The first-order valence-corrected chi connectivity index (χ1v) is 8.72. The topological polar surface area (TPSA) is 59.4 Å². The lowest BCUT2D eigenvalue weighted by atomic mass is 10.1. The van der Waals surface area contributed by atoms with E-state index in [2.05, 4.69) is 43.4 Å². The number of rotatable bonds is 5. The maximum absolute atomic E-state index is 11.9. The minimum atomic E-state index is -0.135. The molecule has 1 fully saturated rings. The van der Waals surface area contributed by atoms with Crippen LogP contribution in [-0.2, 0) is 7.05 Å². The van der Waals surface area contributed by atoms with Gasteiger partial charge in [0.25, 0.3) is 5.56 Å². The number of nitrogens with zero attached hydrogens (tertiary/aromatic N) is 3. The summed E-state index contributed by atoms with van der Waals surface area (Å²) in [5.74, 6) is 1.40. The quantitative estimate of drug-likeness (QED) is 0.846. The van der Waals surface area contributed by atoms with Crippen LogP contribution in [0.1, 0.15) is 6.42 Å². The summed E-state index contributed by atoms with van der Waals surface area (Å²) >= 11 is 3.34. The van der Waals surface area contributed by atoms with Crippen molar-refractivity contribution >= 4 is 27.3 Å². The molecule has 3 rings (SSSR count). The third-order valence-electron chi connectivity index (χ3n) is 4.36. The number of anilines is 2. The number of ether oxygens (including phenoxy) is 1. The predicted molar refractivity (Wildman–Crippen MR) is 99.0 cm³/mol. The molecule has 1 aromatic carbocycles. The van der Waals surface area contributed by atoms with Crippen molar-refractivity contribution in [3.63, 3.8) is 0 Å². The van der Waals surface area contributed by atoms with Crippen LogP contribution >= 0.6 is 15.9 Å². The predicted octanol–water partition coefficient (Wildman–Crippen LogP) is 2.49. The van der Waals surface area contributed by atoms with E-state index in [-0.39, 0.29) is 5.56 Å². The van der Waals surface area contributed by atoms with Crippen molar-refractivity contribution in [1.29, 1.82) is 0 Å². The van der Waals surface area contributed by atoms with E-state index >= 15 is 0 Å². The van der Waals surface area contributed by atoms with Crippen molar-refractivity contribution in [2.75, 3.05) is 37.0 Å². The Morgan fingerprint density at radius 1 is 1.46 bits per heavy atom. The molecule has 1 saturated heterocycles. The Hall–Kier alpha value is -2.02. The molecule has 7 heteroatoms. The van der Waals surface area contributed by atoms with Gasteiger partial charge in [0.1, 0.15) is 10.2 Å². The van der Waals surface area contributed by atoms with Gasteiger partial charge < -0.3 is 15.0 Å². The van der Waals surface area contributed by atoms with E-state index in [1.165, 1.54) is 10.4 Å². The third-order valence-corrected chi connectivity index (χ3v) is 5.13. The van der Waals surface area contributed by atoms with Gasteiger partial charge in [-0.3, -0.25) is 4.79 Å². The highest BCUT2D eigenvalue weighted by Gasteiger charge is 2.23. The van der Waals surface area contributed by atoms with Crippen LogP contribution < -0.4 is 20.5 Å². The van der Waals surface area contributed by atoms with Crippen LogP contribution in [0.3, 0.4) is 0 Å². The van der Waals surface area contributed by atoms with Crippen molar-refractivity contribution in [2.24, 2.45) is 13.0 Å². The van der Waals surface area contributed by atoms with Gasteiger partial charge in [0.05, 0.1) is 19.0 Å². The zero-order valence-corrected chi connectivity index (χ0v) is 15.4. The Morgan fingerprint density at radius 2 is 2.29 bits per heavy atom. The average Bonchev–Trinajstić information content (AvgIpc) is 3.08. The van der Waals surface area contributed by atoms with Gasteiger partial charge in [0.15, 0.2) is 0 Å². The molecule has 24 heavy (non-hydrogen) atoms. The maximum atomic E-state index is 11.9. The van der Waals surface area contributed by atoms with Crippen LogP contribution in [0.15, 0.2) is 39.7 Å². The molecule has 1 aromatic heterocycles. The highest BCUT2D eigenvalue weighted by molar-refractivity contribution is 9.10. The number of hydrogen-bond acceptors (Lipinski definition) is 5. The van der Waals surface area contributed by atoms with E-state index in [1.807, 2.05) is 12.1 Å². The molecular formula is C17H21BrN4O2. The highest BCUT2D eigenvalue weighted by Crippen LogP contribution is 2.27. The summed E-state index contributed by atoms with van der Waals surface area (Å²) in [4.78, 5) is 14.2. The fourth-order valence-electron chi connectivity index (χ4n) is 2.93. The van der Waals surface area contributed by atoms with E-state index in [0.717, 1.165) is 37.5 Å². The van der Waals surface area contributed by atoms with Gasteiger partial charge >= 0.3 is 0 Å². The monoisotopic (exact) mass is 392 g/mol. The Bertz CT molecular complexity index is 777. The maximum Gasteiger partial charge on any atom is 0.282 e. The summed E-state index contributed by atoms with van der Waals surface area (Å²) in [6.07, 6.45) is 2.79. The average molecular weight is 393 g/mol. The lowest BCUT2D eigenvalue weighted by molar-refractivity contribution is 0.415. The van der Waals surface area contributed by atoms with Crippen LogP contribution in [-0.4, -0.2) is 36.5 Å². The Balaban J connectivity index is 1.60. The number of aryl methyl sites for hydroxylation is 1. The Morgan fingerprint density at radius 3 is 3.08 bits per heavy atom. The zero-order chi connectivity index (χ0) is 17.1. The number of benzene rings is 1. The lowest BCUT2D eigenvalue weighted by Gasteiger charge is -2.19.